The molecule has 41 heavy (non-hydrogen) atoms. The van der Waals surface area contributed by atoms with E-state index in [0.717, 1.165) is 12.8 Å². The summed E-state index contributed by atoms with van der Waals surface area (Å²) in [7, 11) is -3.53. The zero-order valence-corrected chi connectivity index (χ0v) is 23.5. The second kappa shape index (κ2) is 10.9. The summed E-state index contributed by atoms with van der Waals surface area (Å²) in [5, 5.41) is -0.455. The number of hydrogen-bond donors (Lipinski definition) is 0. The van der Waals surface area contributed by atoms with E-state index < -0.39 is 70.8 Å². The van der Waals surface area contributed by atoms with Gasteiger partial charge in [0.2, 0.25) is 0 Å². The number of carbonyl (C=O) groups excluding carboxylic acids is 5. The van der Waals surface area contributed by atoms with Crippen LogP contribution in [0.5, 0.6) is 0 Å². The van der Waals surface area contributed by atoms with Gasteiger partial charge in [0.1, 0.15) is 24.4 Å². The first-order valence-electron chi connectivity index (χ1n) is 13.4. The Morgan fingerprint density at radius 3 is 1.88 bits per heavy atom. The van der Waals surface area contributed by atoms with Crippen LogP contribution < -0.4 is 0 Å². The molecule has 6 rings (SSSR count). The van der Waals surface area contributed by atoms with Crippen LogP contribution in [0.15, 0.2) is 24.3 Å². The van der Waals surface area contributed by atoms with Crippen LogP contribution >= 0.6 is 0 Å². The predicted molar refractivity (Wildman–Crippen MR) is 135 cm³/mol. The molecule has 0 amide bonds. The number of carbonyl (C=O) groups is 5. The lowest BCUT2D eigenvalue weighted by Crippen LogP contribution is -2.38. The molecule has 4 aliphatic carbocycles. The SMILES string of the molecule is C=C(C)C(=O)OCC(=O)OC1C2CC3C(=O)OC1C3C2.C=C(C)C(=O)OCC(=O)OC1C2CC3C1OS(=O)(=O)C3C2. The average molecular weight is 597 g/mol. The first kappa shape index (κ1) is 29.2. The number of ether oxygens (including phenoxy) is 5. The standard InChI is InChI=1S/C14H16O6.C13H16O7S/c1-6(2)13(16)18-5-10(15)19-11-7-3-8-9(4-7)14(17)20-12(8)11;1-6(2)13(15)18-5-10(14)19-11-7-3-8-9(4-7)21(16,17)20-12(8)11/h7-9,11-12H,1,3-5H2,2H3;7-9,11-12H,1,3-5H2,2H3. The maximum atomic E-state index is 11.8. The third kappa shape index (κ3) is 5.51. The van der Waals surface area contributed by atoms with Crippen LogP contribution in [-0.2, 0) is 62.0 Å². The topological polar surface area (TPSA) is 175 Å². The molecule has 6 aliphatic rings. The van der Waals surface area contributed by atoms with Crippen molar-refractivity contribution < 1.29 is 60.3 Å². The van der Waals surface area contributed by atoms with E-state index in [4.69, 9.17) is 27.9 Å². The Morgan fingerprint density at radius 1 is 0.805 bits per heavy atom. The molecule has 14 heteroatoms. The van der Waals surface area contributed by atoms with Gasteiger partial charge in [0.15, 0.2) is 13.2 Å². The van der Waals surface area contributed by atoms with Crippen molar-refractivity contribution in [3.05, 3.63) is 24.3 Å². The Balaban J connectivity index is 0.000000165. The first-order valence-corrected chi connectivity index (χ1v) is 14.9. The van der Waals surface area contributed by atoms with Crippen LogP contribution in [0.4, 0.5) is 0 Å². The molecule has 13 nitrogen and oxygen atoms in total. The summed E-state index contributed by atoms with van der Waals surface area (Å²) < 4.78 is 53.9. The third-order valence-electron chi connectivity index (χ3n) is 8.70. The average Bonchev–Trinajstić information content (AvgIpc) is 3.71. The van der Waals surface area contributed by atoms with Gasteiger partial charge in [-0.1, -0.05) is 13.2 Å². The summed E-state index contributed by atoms with van der Waals surface area (Å²) in [4.78, 5) is 57.3. The lowest BCUT2D eigenvalue weighted by Gasteiger charge is -2.25. The van der Waals surface area contributed by atoms with Crippen molar-refractivity contribution in [2.75, 3.05) is 13.2 Å². The zero-order valence-electron chi connectivity index (χ0n) is 22.6. The Hall–Kier alpha value is -3.26. The van der Waals surface area contributed by atoms with E-state index >= 15 is 0 Å². The number of rotatable bonds is 8. The molecule has 0 aromatic rings. The third-order valence-corrected chi connectivity index (χ3v) is 10.5. The molecule has 2 saturated heterocycles. The molecule has 4 saturated carbocycles. The minimum Gasteiger partial charge on any atom is -0.458 e. The monoisotopic (exact) mass is 596 g/mol. The molecule has 10 atom stereocenters. The van der Waals surface area contributed by atoms with Gasteiger partial charge in [-0.25, -0.2) is 19.2 Å². The minimum absolute atomic E-state index is 0.00284. The molecular weight excluding hydrogens is 564 g/mol. The lowest BCUT2D eigenvalue weighted by molar-refractivity contribution is -0.168. The van der Waals surface area contributed by atoms with Gasteiger partial charge in [0.05, 0.1) is 11.2 Å². The molecule has 10 unspecified atom stereocenters. The minimum atomic E-state index is -3.53. The van der Waals surface area contributed by atoms with E-state index in [1.165, 1.54) is 13.8 Å². The van der Waals surface area contributed by atoms with E-state index in [-0.39, 0.29) is 52.8 Å². The normalized spacial score (nSPS) is 37.5. The molecule has 2 aliphatic heterocycles. The molecule has 6 fully saturated rings. The predicted octanol–water partition coefficient (Wildman–Crippen LogP) is 0.753. The highest BCUT2D eigenvalue weighted by atomic mass is 32.2. The summed E-state index contributed by atoms with van der Waals surface area (Å²) in [6.07, 6.45) is 0.893. The van der Waals surface area contributed by atoms with E-state index in [1.54, 1.807) is 0 Å². The molecule has 0 spiro atoms. The van der Waals surface area contributed by atoms with Crippen LogP contribution in [0.2, 0.25) is 0 Å². The fourth-order valence-electron chi connectivity index (χ4n) is 6.98. The summed E-state index contributed by atoms with van der Waals surface area (Å²) >= 11 is 0. The molecule has 4 bridgehead atoms. The maximum absolute atomic E-state index is 11.8. The highest BCUT2D eigenvalue weighted by molar-refractivity contribution is 7.87. The second-order valence-corrected chi connectivity index (χ2v) is 13.3. The maximum Gasteiger partial charge on any atom is 0.344 e. The zero-order chi connectivity index (χ0) is 29.8. The molecular formula is C27H32O13S. The highest BCUT2D eigenvalue weighted by Crippen LogP contribution is 2.56. The van der Waals surface area contributed by atoms with E-state index in [0.29, 0.717) is 12.8 Å². The van der Waals surface area contributed by atoms with Crippen molar-refractivity contribution in [3.8, 4) is 0 Å². The van der Waals surface area contributed by atoms with Crippen molar-refractivity contribution >= 4 is 40.0 Å². The van der Waals surface area contributed by atoms with E-state index in [1.807, 2.05) is 0 Å². The number of hydrogen-bond acceptors (Lipinski definition) is 13. The Labute approximate surface area is 236 Å². The van der Waals surface area contributed by atoms with Crippen LogP contribution in [0.25, 0.3) is 0 Å². The summed E-state index contributed by atoms with van der Waals surface area (Å²) in [5.41, 5.74) is 0.418. The molecule has 2 heterocycles. The fraction of sp³-hybridized carbons (Fsp3) is 0.667. The second-order valence-electron chi connectivity index (χ2n) is 11.5. The van der Waals surface area contributed by atoms with Crippen molar-refractivity contribution in [1.82, 2.24) is 0 Å². The van der Waals surface area contributed by atoms with E-state index in [2.05, 4.69) is 13.2 Å². The quantitative estimate of drug-likeness (QED) is 0.166. The smallest absolute Gasteiger partial charge is 0.344 e. The summed E-state index contributed by atoms with van der Waals surface area (Å²) in [6, 6.07) is 0. The van der Waals surface area contributed by atoms with Gasteiger partial charge < -0.3 is 23.7 Å². The van der Waals surface area contributed by atoms with Gasteiger partial charge in [0, 0.05) is 34.8 Å². The van der Waals surface area contributed by atoms with Crippen molar-refractivity contribution in [2.24, 2.45) is 29.6 Å². The van der Waals surface area contributed by atoms with Gasteiger partial charge in [-0.05, 0) is 39.5 Å². The van der Waals surface area contributed by atoms with E-state index in [9.17, 15) is 32.4 Å². The van der Waals surface area contributed by atoms with Crippen LogP contribution in [-0.4, -0.2) is 81.1 Å². The largest absolute Gasteiger partial charge is 0.458 e. The number of fused-ring (bicyclic) bond motifs is 2. The van der Waals surface area contributed by atoms with Crippen LogP contribution in [0, 0.1) is 29.6 Å². The van der Waals surface area contributed by atoms with Gasteiger partial charge in [-0.15, -0.1) is 0 Å². The molecule has 224 valence electrons. The Morgan fingerprint density at radius 2 is 1.32 bits per heavy atom. The summed E-state index contributed by atoms with van der Waals surface area (Å²) in [6.45, 7) is 8.85. The van der Waals surface area contributed by atoms with Crippen LogP contribution in [0.1, 0.15) is 39.5 Å². The first-order chi connectivity index (χ1) is 19.3. The van der Waals surface area contributed by atoms with Gasteiger partial charge in [-0.2, -0.15) is 8.42 Å². The summed E-state index contributed by atoms with van der Waals surface area (Å²) in [5.74, 6) is -2.51. The number of esters is 5. The van der Waals surface area contributed by atoms with Gasteiger partial charge in [0.25, 0.3) is 10.1 Å². The van der Waals surface area contributed by atoms with Gasteiger partial charge >= 0.3 is 29.8 Å². The lowest BCUT2D eigenvalue weighted by atomic mass is 9.88. The molecule has 0 aromatic heterocycles. The Bertz CT molecular complexity index is 1300. The van der Waals surface area contributed by atoms with Gasteiger partial charge in [-0.3, -0.25) is 8.98 Å². The highest BCUT2D eigenvalue weighted by Gasteiger charge is 2.65. The molecule has 0 aromatic carbocycles. The molecule has 0 radical (unpaired) electrons. The van der Waals surface area contributed by atoms with Crippen LogP contribution in [0.3, 0.4) is 0 Å². The Kier molecular flexibility index (Phi) is 7.74. The van der Waals surface area contributed by atoms with Crippen molar-refractivity contribution in [1.29, 1.82) is 0 Å². The molecule has 0 N–H and O–H groups in total. The van der Waals surface area contributed by atoms with Crippen molar-refractivity contribution in [3.63, 3.8) is 0 Å². The van der Waals surface area contributed by atoms with Crippen molar-refractivity contribution in [2.45, 2.75) is 69.2 Å². The fourth-order valence-corrected chi connectivity index (χ4v) is 8.86.